The van der Waals surface area contributed by atoms with Crippen molar-refractivity contribution in [3.05, 3.63) is 11.4 Å². The van der Waals surface area contributed by atoms with E-state index in [4.69, 9.17) is 10.5 Å². The third kappa shape index (κ3) is 1.25. The van der Waals surface area contributed by atoms with Crippen molar-refractivity contribution in [3.63, 3.8) is 0 Å². The molecule has 0 amide bonds. The second-order valence-electron chi connectivity index (χ2n) is 2.23. The largest absolute Gasteiger partial charge is 0.233 e. The van der Waals surface area contributed by atoms with Crippen molar-refractivity contribution in [2.24, 2.45) is 0 Å². The topological polar surface area (TPSA) is 78.3 Å². The normalized spacial score (nSPS) is 8.92. The van der Waals surface area contributed by atoms with E-state index in [0.29, 0.717) is 6.54 Å². The van der Waals surface area contributed by atoms with Gasteiger partial charge in [-0.1, -0.05) is 12.1 Å². The number of hydrogen-bond acceptors (Lipinski definition) is 4. The second-order valence-corrected chi connectivity index (χ2v) is 2.23. The second kappa shape index (κ2) is 3.49. The van der Waals surface area contributed by atoms with Crippen LogP contribution >= 0.6 is 0 Å². The van der Waals surface area contributed by atoms with E-state index in [2.05, 4.69) is 10.3 Å². The maximum absolute atomic E-state index is 8.64. The molecule has 0 aliphatic heterocycles. The van der Waals surface area contributed by atoms with Crippen LogP contribution in [-0.2, 0) is 6.54 Å². The first kappa shape index (κ1) is 8.22. The summed E-state index contributed by atoms with van der Waals surface area (Å²) in [5, 5.41) is 24.4. The molecule has 0 bridgehead atoms. The first-order valence-corrected chi connectivity index (χ1v) is 3.57. The fourth-order valence-electron chi connectivity index (χ4n) is 0.867. The Labute approximate surface area is 69.8 Å². The average Bonchev–Trinajstić information content (AvgIpc) is 2.47. The minimum absolute atomic E-state index is 0.103. The Morgan fingerprint density at radius 3 is 2.67 bits per heavy atom. The smallest absolute Gasteiger partial charge is 0.200 e. The van der Waals surface area contributed by atoms with Crippen molar-refractivity contribution in [3.8, 4) is 12.1 Å². The van der Waals surface area contributed by atoms with Crippen molar-refractivity contribution < 1.29 is 0 Å². The van der Waals surface area contributed by atoms with Gasteiger partial charge < -0.3 is 0 Å². The molecule has 1 aromatic heterocycles. The highest BCUT2D eigenvalue weighted by Crippen LogP contribution is 2.02. The molecule has 12 heavy (non-hydrogen) atoms. The molecular weight excluding hydrogens is 154 g/mol. The van der Waals surface area contributed by atoms with Gasteiger partial charge in [0.2, 0.25) is 5.69 Å². The summed E-state index contributed by atoms with van der Waals surface area (Å²) in [5.41, 5.74) is 0.352. The van der Waals surface area contributed by atoms with Gasteiger partial charge in [0.05, 0.1) is 0 Å². The molecule has 0 aliphatic carbocycles. The SMILES string of the molecule is CCCn1nnc(C#N)c1C#N. The van der Waals surface area contributed by atoms with E-state index in [-0.39, 0.29) is 11.4 Å². The number of rotatable bonds is 2. The Morgan fingerprint density at radius 1 is 1.42 bits per heavy atom. The lowest BCUT2D eigenvalue weighted by Gasteiger charge is -1.95. The van der Waals surface area contributed by atoms with E-state index in [1.165, 1.54) is 4.68 Å². The van der Waals surface area contributed by atoms with E-state index >= 15 is 0 Å². The third-order valence-electron chi connectivity index (χ3n) is 1.38. The summed E-state index contributed by atoms with van der Waals surface area (Å²) in [6.07, 6.45) is 0.864. The summed E-state index contributed by atoms with van der Waals surface area (Å²) in [5.74, 6) is 0. The predicted molar refractivity (Wildman–Crippen MR) is 39.7 cm³/mol. The maximum atomic E-state index is 8.64. The summed E-state index contributed by atoms with van der Waals surface area (Å²) < 4.78 is 1.44. The molecule has 0 saturated heterocycles. The van der Waals surface area contributed by atoms with E-state index in [1.807, 2.05) is 19.1 Å². The molecule has 0 N–H and O–H groups in total. The van der Waals surface area contributed by atoms with Gasteiger partial charge in [-0.2, -0.15) is 10.5 Å². The Morgan fingerprint density at radius 2 is 2.17 bits per heavy atom. The zero-order chi connectivity index (χ0) is 8.97. The van der Waals surface area contributed by atoms with Crippen LogP contribution in [0.1, 0.15) is 24.7 Å². The van der Waals surface area contributed by atoms with Crippen LogP contribution in [0.2, 0.25) is 0 Å². The molecule has 5 nitrogen and oxygen atoms in total. The van der Waals surface area contributed by atoms with Crippen LogP contribution in [0.4, 0.5) is 0 Å². The monoisotopic (exact) mass is 161 g/mol. The predicted octanol–water partition coefficient (Wildman–Crippen LogP) is 0.431. The lowest BCUT2D eigenvalue weighted by molar-refractivity contribution is 0.573. The van der Waals surface area contributed by atoms with Crippen molar-refractivity contribution in [1.29, 1.82) is 10.5 Å². The zero-order valence-electron chi connectivity index (χ0n) is 6.65. The van der Waals surface area contributed by atoms with Gasteiger partial charge in [0.15, 0.2) is 5.69 Å². The van der Waals surface area contributed by atoms with Crippen LogP contribution < -0.4 is 0 Å². The molecule has 0 unspecified atom stereocenters. The van der Waals surface area contributed by atoms with Gasteiger partial charge in [-0.15, -0.1) is 5.10 Å². The summed E-state index contributed by atoms with van der Waals surface area (Å²) in [4.78, 5) is 0. The van der Waals surface area contributed by atoms with Gasteiger partial charge in [-0.3, -0.25) is 0 Å². The van der Waals surface area contributed by atoms with Crippen LogP contribution in [0, 0.1) is 22.7 Å². The maximum Gasteiger partial charge on any atom is 0.200 e. The first-order valence-electron chi connectivity index (χ1n) is 3.57. The van der Waals surface area contributed by atoms with Gasteiger partial charge in [0.25, 0.3) is 0 Å². The highest BCUT2D eigenvalue weighted by Gasteiger charge is 2.09. The fourth-order valence-corrected chi connectivity index (χ4v) is 0.867. The van der Waals surface area contributed by atoms with Gasteiger partial charge in [0.1, 0.15) is 12.1 Å². The van der Waals surface area contributed by atoms with Crippen LogP contribution in [0.5, 0.6) is 0 Å². The fraction of sp³-hybridized carbons (Fsp3) is 0.429. The van der Waals surface area contributed by atoms with E-state index in [1.54, 1.807) is 0 Å². The summed E-state index contributed by atoms with van der Waals surface area (Å²) in [7, 11) is 0. The van der Waals surface area contributed by atoms with E-state index < -0.39 is 0 Å². The van der Waals surface area contributed by atoms with Crippen molar-refractivity contribution in [1.82, 2.24) is 15.0 Å². The quantitative estimate of drug-likeness (QED) is 0.630. The zero-order valence-corrected chi connectivity index (χ0v) is 6.65. The molecule has 1 heterocycles. The molecule has 0 spiro atoms. The molecule has 0 aromatic carbocycles. The van der Waals surface area contributed by atoms with Gasteiger partial charge >= 0.3 is 0 Å². The number of aryl methyl sites for hydroxylation is 1. The molecular formula is C7H7N5. The number of nitrogens with zero attached hydrogens (tertiary/aromatic N) is 5. The molecule has 0 atom stereocenters. The average molecular weight is 161 g/mol. The molecule has 0 aliphatic rings. The molecule has 1 aromatic rings. The third-order valence-corrected chi connectivity index (χ3v) is 1.38. The van der Waals surface area contributed by atoms with Crippen molar-refractivity contribution in [2.75, 3.05) is 0 Å². The number of nitriles is 2. The van der Waals surface area contributed by atoms with Crippen LogP contribution in [-0.4, -0.2) is 15.0 Å². The minimum atomic E-state index is 0.103. The summed E-state index contributed by atoms with van der Waals surface area (Å²) >= 11 is 0. The standard InChI is InChI=1S/C7H7N5/c1-2-3-12-7(5-9)6(4-8)10-11-12/h2-3H2,1H3. The van der Waals surface area contributed by atoms with Crippen LogP contribution in [0.15, 0.2) is 0 Å². The Kier molecular flexibility index (Phi) is 2.39. The lowest BCUT2D eigenvalue weighted by atomic mass is 10.3. The number of aromatic nitrogens is 3. The Hall–Kier alpha value is -1.88. The van der Waals surface area contributed by atoms with E-state index in [9.17, 15) is 0 Å². The molecule has 0 fully saturated rings. The van der Waals surface area contributed by atoms with E-state index in [0.717, 1.165) is 6.42 Å². The van der Waals surface area contributed by atoms with Crippen LogP contribution in [0.3, 0.4) is 0 Å². The highest BCUT2D eigenvalue weighted by molar-refractivity contribution is 5.34. The van der Waals surface area contributed by atoms with Gasteiger partial charge in [-0.05, 0) is 6.42 Å². The van der Waals surface area contributed by atoms with Crippen LogP contribution in [0.25, 0.3) is 0 Å². The molecule has 60 valence electrons. The number of hydrogen-bond donors (Lipinski definition) is 0. The molecule has 1 rings (SSSR count). The highest BCUT2D eigenvalue weighted by atomic mass is 15.4. The van der Waals surface area contributed by atoms with Gasteiger partial charge in [-0.25, -0.2) is 4.68 Å². The lowest BCUT2D eigenvalue weighted by Crippen LogP contribution is -2.02. The summed E-state index contributed by atoms with van der Waals surface area (Å²) in [6.45, 7) is 2.59. The van der Waals surface area contributed by atoms with Crippen molar-refractivity contribution in [2.45, 2.75) is 19.9 Å². The Bertz CT molecular complexity index is 351. The van der Waals surface area contributed by atoms with Crippen molar-refractivity contribution >= 4 is 0 Å². The first-order chi connectivity index (χ1) is 5.83. The van der Waals surface area contributed by atoms with Gasteiger partial charge in [0, 0.05) is 6.54 Å². The molecule has 0 radical (unpaired) electrons. The Balaban J connectivity index is 3.09. The molecule has 5 heteroatoms. The molecule has 0 saturated carbocycles. The summed E-state index contributed by atoms with van der Waals surface area (Å²) in [6, 6.07) is 3.70. The minimum Gasteiger partial charge on any atom is -0.233 e.